The first-order chi connectivity index (χ1) is 7.78. The number of nitrogens with two attached hydrogens (primary N) is 1. The van der Waals surface area contributed by atoms with Gasteiger partial charge in [-0.15, -0.1) is 24.8 Å². The van der Waals surface area contributed by atoms with Gasteiger partial charge in [0.15, 0.2) is 0 Å². The van der Waals surface area contributed by atoms with Gasteiger partial charge in [0.25, 0.3) is 0 Å². The van der Waals surface area contributed by atoms with Gasteiger partial charge in [-0.2, -0.15) is 0 Å². The quantitative estimate of drug-likeness (QED) is 0.867. The summed E-state index contributed by atoms with van der Waals surface area (Å²) in [4.78, 5) is 5.00. The molecule has 5 heteroatoms. The average molecular weight is 292 g/mol. The number of likely N-dealkylation sites (N-methyl/N-ethyl adjacent to an activating group) is 1. The topological polar surface area (TPSA) is 32.5 Å². The summed E-state index contributed by atoms with van der Waals surface area (Å²) < 4.78 is 0. The normalized spacial score (nSPS) is 16.7. The summed E-state index contributed by atoms with van der Waals surface area (Å²) in [6.07, 6.45) is 0. The molecule has 1 aromatic carbocycles. The molecule has 104 valence electrons. The number of benzene rings is 1. The molecule has 0 bridgehead atoms. The fourth-order valence-electron chi connectivity index (χ4n) is 2.21. The highest BCUT2D eigenvalue weighted by molar-refractivity contribution is 5.85. The van der Waals surface area contributed by atoms with E-state index in [2.05, 4.69) is 28.9 Å². The summed E-state index contributed by atoms with van der Waals surface area (Å²) in [5.74, 6) is 0. The predicted octanol–water partition coefficient (Wildman–Crippen LogP) is 2.25. The van der Waals surface area contributed by atoms with Crippen LogP contribution in [-0.2, 0) is 6.54 Å². The lowest BCUT2D eigenvalue weighted by Gasteiger charge is -2.34. The van der Waals surface area contributed by atoms with E-state index >= 15 is 0 Å². The van der Waals surface area contributed by atoms with Crippen LogP contribution in [0.25, 0.3) is 0 Å². The molecule has 0 aromatic heterocycles. The number of anilines is 1. The molecule has 1 heterocycles. The number of halogens is 2. The lowest BCUT2D eigenvalue weighted by Crippen LogP contribution is -2.45. The first kappa shape index (κ1) is 17.5. The summed E-state index contributed by atoms with van der Waals surface area (Å²) in [7, 11) is 0. The van der Waals surface area contributed by atoms with Crippen LogP contribution in [-0.4, -0.2) is 42.5 Å². The highest BCUT2D eigenvalue weighted by Gasteiger charge is 2.15. The number of nitrogens with zero attached hydrogens (tertiary/aromatic N) is 2. The van der Waals surface area contributed by atoms with E-state index in [-0.39, 0.29) is 24.8 Å². The fourth-order valence-corrected chi connectivity index (χ4v) is 2.21. The summed E-state index contributed by atoms with van der Waals surface area (Å²) >= 11 is 0. The van der Waals surface area contributed by atoms with Gasteiger partial charge in [0.2, 0.25) is 0 Å². The minimum absolute atomic E-state index is 0. The van der Waals surface area contributed by atoms with Crippen molar-refractivity contribution >= 4 is 30.5 Å². The van der Waals surface area contributed by atoms with Crippen LogP contribution >= 0.6 is 24.8 Å². The van der Waals surface area contributed by atoms with Gasteiger partial charge in [-0.25, -0.2) is 0 Å². The Balaban J connectivity index is 0.00000144. The van der Waals surface area contributed by atoms with Gasteiger partial charge in [0.05, 0.1) is 0 Å². The summed E-state index contributed by atoms with van der Waals surface area (Å²) in [5, 5.41) is 0. The van der Waals surface area contributed by atoms with Crippen LogP contribution in [0.5, 0.6) is 0 Å². The van der Waals surface area contributed by atoms with Crippen LogP contribution in [0.2, 0.25) is 0 Å². The fraction of sp³-hybridized carbons (Fsp3) is 0.538. The van der Waals surface area contributed by atoms with Crippen molar-refractivity contribution in [3.05, 3.63) is 29.8 Å². The standard InChI is InChI=1S/C13H21N3.2ClH/c1-2-15-6-8-16(9-7-15)11-12-4-3-5-13(14)10-12;;/h3-5,10H,2,6-9,11,14H2,1H3;2*1H. The Kier molecular flexibility index (Phi) is 8.36. The molecule has 0 atom stereocenters. The maximum atomic E-state index is 5.78. The second-order valence-corrected chi connectivity index (χ2v) is 4.46. The second kappa shape index (κ2) is 8.59. The zero-order chi connectivity index (χ0) is 11.4. The maximum absolute atomic E-state index is 5.78. The molecule has 1 aromatic rings. The zero-order valence-electron chi connectivity index (χ0n) is 10.8. The van der Waals surface area contributed by atoms with Crippen molar-refractivity contribution in [1.29, 1.82) is 0 Å². The first-order valence-corrected chi connectivity index (χ1v) is 6.07. The number of hydrogen-bond acceptors (Lipinski definition) is 3. The monoisotopic (exact) mass is 291 g/mol. The van der Waals surface area contributed by atoms with Crippen molar-refractivity contribution in [3.8, 4) is 0 Å². The number of hydrogen-bond donors (Lipinski definition) is 1. The molecule has 2 N–H and O–H groups in total. The third kappa shape index (κ3) is 5.02. The van der Waals surface area contributed by atoms with Crippen molar-refractivity contribution in [1.82, 2.24) is 9.80 Å². The Morgan fingerprint density at radius 3 is 2.22 bits per heavy atom. The summed E-state index contributed by atoms with van der Waals surface area (Å²) in [6, 6.07) is 8.21. The van der Waals surface area contributed by atoms with Crippen LogP contribution in [0.15, 0.2) is 24.3 Å². The Morgan fingerprint density at radius 2 is 1.67 bits per heavy atom. The van der Waals surface area contributed by atoms with E-state index in [1.54, 1.807) is 0 Å². The van der Waals surface area contributed by atoms with Crippen molar-refractivity contribution < 1.29 is 0 Å². The third-order valence-electron chi connectivity index (χ3n) is 3.27. The second-order valence-electron chi connectivity index (χ2n) is 4.46. The van der Waals surface area contributed by atoms with Gasteiger partial charge in [-0.3, -0.25) is 4.90 Å². The SMILES string of the molecule is CCN1CCN(Cc2cccc(N)c2)CC1.Cl.Cl. The Hall–Kier alpha value is -0.480. The molecule has 3 nitrogen and oxygen atoms in total. The molecule has 1 saturated heterocycles. The number of nitrogen functional groups attached to an aromatic ring is 1. The van der Waals surface area contributed by atoms with E-state index in [1.807, 2.05) is 12.1 Å². The Bertz CT molecular complexity index is 339. The number of piperazine rings is 1. The van der Waals surface area contributed by atoms with Gasteiger partial charge in [0, 0.05) is 38.4 Å². The number of rotatable bonds is 3. The van der Waals surface area contributed by atoms with E-state index in [0.717, 1.165) is 12.2 Å². The molecule has 0 radical (unpaired) electrons. The smallest absolute Gasteiger partial charge is 0.0317 e. The maximum Gasteiger partial charge on any atom is 0.0317 e. The van der Waals surface area contributed by atoms with E-state index in [4.69, 9.17) is 5.73 Å². The van der Waals surface area contributed by atoms with E-state index in [1.165, 1.54) is 38.3 Å². The van der Waals surface area contributed by atoms with Gasteiger partial charge in [0.1, 0.15) is 0 Å². The van der Waals surface area contributed by atoms with Crippen LogP contribution in [0.3, 0.4) is 0 Å². The largest absolute Gasteiger partial charge is 0.399 e. The average Bonchev–Trinajstić information content (AvgIpc) is 2.30. The molecule has 18 heavy (non-hydrogen) atoms. The minimum Gasteiger partial charge on any atom is -0.399 e. The van der Waals surface area contributed by atoms with Crippen LogP contribution in [0.4, 0.5) is 5.69 Å². The lowest BCUT2D eigenvalue weighted by atomic mass is 10.2. The van der Waals surface area contributed by atoms with E-state index < -0.39 is 0 Å². The van der Waals surface area contributed by atoms with Crippen molar-refractivity contribution in [2.45, 2.75) is 13.5 Å². The molecule has 1 aliphatic heterocycles. The Labute approximate surface area is 122 Å². The molecule has 0 saturated carbocycles. The lowest BCUT2D eigenvalue weighted by molar-refractivity contribution is 0.132. The molecule has 0 aliphatic carbocycles. The molecule has 0 spiro atoms. The molecule has 1 aliphatic rings. The first-order valence-electron chi connectivity index (χ1n) is 6.07. The van der Waals surface area contributed by atoms with Gasteiger partial charge in [-0.1, -0.05) is 19.1 Å². The summed E-state index contributed by atoms with van der Waals surface area (Å²) in [5.41, 5.74) is 7.97. The van der Waals surface area contributed by atoms with Gasteiger partial charge >= 0.3 is 0 Å². The highest BCUT2D eigenvalue weighted by atomic mass is 35.5. The van der Waals surface area contributed by atoms with Crippen molar-refractivity contribution in [3.63, 3.8) is 0 Å². The van der Waals surface area contributed by atoms with Crippen LogP contribution in [0.1, 0.15) is 12.5 Å². The third-order valence-corrected chi connectivity index (χ3v) is 3.27. The summed E-state index contributed by atoms with van der Waals surface area (Å²) in [6.45, 7) is 9.16. The highest BCUT2D eigenvalue weighted by Crippen LogP contribution is 2.11. The molecular weight excluding hydrogens is 269 g/mol. The van der Waals surface area contributed by atoms with Gasteiger partial charge in [-0.05, 0) is 24.2 Å². The molecule has 0 unspecified atom stereocenters. The molecular formula is C13H23Cl2N3. The zero-order valence-corrected chi connectivity index (χ0v) is 12.5. The molecule has 1 fully saturated rings. The van der Waals surface area contributed by atoms with Gasteiger partial charge < -0.3 is 10.6 Å². The van der Waals surface area contributed by atoms with E-state index in [9.17, 15) is 0 Å². The molecule has 2 rings (SSSR count). The Morgan fingerprint density at radius 1 is 1.06 bits per heavy atom. The van der Waals surface area contributed by atoms with Crippen LogP contribution < -0.4 is 5.73 Å². The van der Waals surface area contributed by atoms with Crippen molar-refractivity contribution in [2.24, 2.45) is 0 Å². The van der Waals surface area contributed by atoms with Crippen LogP contribution in [0, 0.1) is 0 Å². The van der Waals surface area contributed by atoms with Crippen molar-refractivity contribution in [2.75, 3.05) is 38.5 Å². The molecule has 0 amide bonds. The predicted molar refractivity (Wildman–Crippen MR) is 82.7 cm³/mol. The van der Waals surface area contributed by atoms with E-state index in [0.29, 0.717) is 0 Å². The minimum atomic E-state index is 0.